The third-order valence-electron chi connectivity index (χ3n) is 1.98. The minimum absolute atomic E-state index is 1.00. The van der Waals surface area contributed by atoms with E-state index in [1.807, 2.05) is 24.5 Å². The van der Waals surface area contributed by atoms with Crippen LogP contribution in [0, 0.1) is 0 Å². The molecule has 1 saturated heterocycles. The molecule has 0 aliphatic carbocycles. The van der Waals surface area contributed by atoms with Gasteiger partial charge in [0.2, 0.25) is 0 Å². The summed E-state index contributed by atoms with van der Waals surface area (Å²) in [5, 5.41) is 0. The van der Waals surface area contributed by atoms with Crippen LogP contribution in [-0.4, -0.2) is 18.2 Å². The zero-order chi connectivity index (χ0) is 9.36. The fourth-order valence-corrected chi connectivity index (χ4v) is 1.13. The van der Waals surface area contributed by atoms with Gasteiger partial charge in [0.1, 0.15) is 0 Å². The normalized spacial score (nSPS) is 14.8. The third-order valence-corrected chi connectivity index (χ3v) is 1.98. The average Bonchev–Trinajstić information content (AvgIpc) is 2.77. The summed E-state index contributed by atoms with van der Waals surface area (Å²) in [6, 6.07) is 4.06. The van der Waals surface area contributed by atoms with Crippen LogP contribution >= 0.6 is 0 Å². The highest BCUT2D eigenvalue weighted by Gasteiger charge is 1.94. The maximum atomic E-state index is 4.94. The van der Waals surface area contributed by atoms with E-state index in [-0.39, 0.29) is 0 Å². The molecule has 2 heterocycles. The zero-order valence-corrected chi connectivity index (χ0v) is 8.20. The Morgan fingerprint density at radius 1 is 1.23 bits per heavy atom. The molecule has 0 spiro atoms. The molecular weight excluding hydrogens is 162 g/mol. The van der Waals surface area contributed by atoms with Crippen molar-refractivity contribution >= 4 is 0 Å². The number of rotatable bonds is 1. The number of ether oxygens (including phenoxy) is 1. The second-order valence-electron chi connectivity index (χ2n) is 3.03. The van der Waals surface area contributed by atoms with Crippen molar-refractivity contribution < 1.29 is 4.74 Å². The highest BCUT2D eigenvalue weighted by atomic mass is 16.5. The number of pyridine rings is 1. The molecule has 1 fully saturated rings. The highest BCUT2D eigenvalue weighted by Crippen LogP contribution is 1.98. The lowest BCUT2D eigenvalue weighted by Gasteiger charge is -1.89. The molecule has 2 heteroatoms. The van der Waals surface area contributed by atoms with Gasteiger partial charge in [-0.1, -0.05) is 6.92 Å². The first kappa shape index (κ1) is 10.2. The molecule has 0 atom stereocenters. The molecular formula is C11H17NO. The lowest BCUT2D eigenvalue weighted by atomic mass is 10.2. The Morgan fingerprint density at radius 3 is 2.15 bits per heavy atom. The number of aromatic nitrogens is 1. The maximum absolute atomic E-state index is 4.94. The number of aryl methyl sites for hydroxylation is 1. The molecule has 0 bridgehead atoms. The van der Waals surface area contributed by atoms with E-state index in [1.165, 1.54) is 18.4 Å². The van der Waals surface area contributed by atoms with Gasteiger partial charge in [-0.15, -0.1) is 0 Å². The van der Waals surface area contributed by atoms with Crippen LogP contribution in [0.15, 0.2) is 24.5 Å². The van der Waals surface area contributed by atoms with E-state index in [2.05, 4.69) is 11.9 Å². The molecule has 0 radical (unpaired) electrons. The molecule has 13 heavy (non-hydrogen) atoms. The largest absolute Gasteiger partial charge is 0.381 e. The van der Waals surface area contributed by atoms with Crippen LogP contribution in [0.1, 0.15) is 25.3 Å². The van der Waals surface area contributed by atoms with Crippen molar-refractivity contribution in [1.82, 2.24) is 4.98 Å². The van der Waals surface area contributed by atoms with Crippen molar-refractivity contribution in [2.75, 3.05) is 13.2 Å². The summed E-state index contributed by atoms with van der Waals surface area (Å²) < 4.78 is 4.94. The smallest absolute Gasteiger partial charge is 0.0466 e. The predicted octanol–water partition coefficient (Wildman–Crippen LogP) is 2.44. The van der Waals surface area contributed by atoms with Gasteiger partial charge in [0.25, 0.3) is 0 Å². The van der Waals surface area contributed by atoms with Crippen molar-refractivity contribution in [2.24, 2.45) is 0 Å². The van der Waals surface area contributed by atoms with Gasteiger partial charge in [0.15, 0.2) is 0 Å². The average molecular weight is 179 g/mol. The maximum Gasteiger partial charge on any atom is 0.0466 e. The van der Waals surface area contributed by atoms with Crippen LogP contribution in [0.5, 0.6) is 0 Å². The van der Waals surface area contributed by atoms with Crippen molar-refractivity contribution in [1.29, 1.82) is 0 Å². The summed E-state index contributed by atoms with van der Waals surface area (Å²) in [7, 11) is 0. The van der Waals surface area contributed by atoms with Gasteiger partial charge in [-0.25, -0.2) is 0 Å². The second-order valence-corrected chi connectivity index (χ2v) is 3.03. The van der Waals surface area contributed by atoms with E-state index >= 15 is 0 Å². The van der Waals surface area contributed by atoms with Crippen LogP contribution in [0.3, 0.4) is 0 Å². The fraction of sp³-hybridized carbons (Fsp3) is 0.545. The molecule has 1 aromatic rings. The van der Waals surface area contributed by atoms with Crippen molar-refractivity contribution in [3.05, 3.63) is 30.1 Å². The Labute approximate surface area is 80.0 Å². The second kappa shape index (κ2) is 6.61. The van der Waals surface area contributed by atoms with E-state index < -0.39 is 0 Å². The number of hydrogen-bond donors (Lipinski definition) is 0. The van der Waals surface area contributed by atoms with Crippen LogP contribution in [0.2, 0.25) is 0 Å². The lowest BCUT2D eigenvalue weighted by Crippen LogP contribution is -1.76. The molecule has 2 rings (SSSR count). The first-order valence-corrected chi connectivity index (χ1v) is 4.90. The van der Waals surface area contributed by atoms with Gasteiger partial charge >= 0.3 is 0 Å². The molecule has 0 amide bonds. The summed E-state index contributed by atoms with van der Waals surface area (Å²) in [5.41, 5.74) is 1.35. The summed E-state index contributed by atoms with van der Waals surface area (Å²) >= 11 is 0. The van der Waals surface area contributed by atoms with E-state index in [4.69, 9.17) is 4.74 Å². The van der Waals surface area contributed by atoms with Crippen LogP contribution in [0.4, 0.5) is 0 Å². The quantitative estimate of drug-likeness (QED) is 0.660. The van der Waals surface area contributed by atoms with Gasteiger partial charge in [-0.05, 0) is 37.0 Å². The molecule has 2 nitrogen and oxygen atoms in total. The molecule has 0 N–H and O–H groups in total. The minimum atomic E-state index is 1.00. The van der Waals surface area contributed by atoms with Gasteiger partial charge in [-0.2, -0.15) is 0 Å². The summed E-state index contributed by atoms with van der Waals surface area (Å²) in [6.45, 7) is 4.13. The van der Waals surface area contributed by atoms with E-state index in [9.17, 15) is 0 Å². The standard InChI is InChI=1S/C7H9N.C4H8O/c1-2-7-3-5-8-6-4-7;1-2-4-5-3-1/h3-6H,2H2,1H3;1-4H2. The lowest BCUT2D eigenvalue weighted by molar-refractivity contribution is 0.198. The Bertz CT molecular complexity index is 199. The van der Waals surface area contributed by atoms with Gasteiger partial charge in [0, 0.05) is 25.6 Å². The molecule has 1 aliphatic heterocycles. The first-order chi connectivity index (χ1) is 6.43. The SMILES string of the molecule is C1CCOC1.CCc1ccncc1. The summed E-state index contributed by atoms with van der Waals surface area (Å²) in [6.07, 6.45) is 7.29. The fourth-order valence-electron chi connectivity index (χ4n) is 1.13. The topological polar surface area (TPSA) is 22.1 Å². The van der Waals surface area contributed by atoms with Crippen LogP contribution in [0.25, 0.3) is 0 Å². The third kappa shape index (κ3) is 4.63. The van der Waals surface area contributed by atoms with Crippen molar-refractivity contribution in [3.8, 4) is 0 Å². The Balaban J connectivity index is 0.000000145. The van der Waals surface area contributed by atoms with E-state index in [1.54, 1.807) is 0 Å². The van der Waals surface area contributed by atoms with Gasteiger partial charge in [-0.3, -0.25) is 4.98 Å². The zero-order valence-electron chi connectivity index (χ0n) is 8.20. The Kier molecular flexibility index (Phi) is 5.18. The van der Waals surface area contributed by atoms with Crippen LogP contribution < -0.4 is 0 Å². The Morgan fingerprint density at radius 2 is 1.85 bits per heavy atom. The highest BCUT2D eigenvalue weighted by molar-refractivity contribution is 5.08. The molecule has 0 saturated carbocycles. The van der Waals surface area contributed by atoms with Crippen LogP contribution in [-0.2, 0) is 11.2 Å². The number of hydrogen-bond acceptors (Lipinski definition) is 2. The van der Waals surface area contributed by atoms with Crippen molar-refractivity contribution in [3.63, 3.8) is 0 Å². The number of nitrogens with zero attached hydrogens (tertiary/aromatic N) is 1. The van der Waals surface area contributed by atoms with Crippen molar-refractivity contribution in [2.45, 2.75) is 26.2 Å². The predicted molar refractivity (Wildman–Crippen MR) is 53.7 cm³/mol. The van der Waals surface area contributed by atoms with Gasteiger partial charge < -0.3 is 4.74 Å². The molecule has 0 unspecified atom stereocenters. The molecule has 72 valence electrons. The van der Waals surface area contributed by atoms with E-state index in [0.29, 0.717) is 0 Å². The first-order valence-electron chi connectivity index (χ1n) is 4.90. The summed E-state index contributed by atoms with van der Waals surface area (Å²) in [5.74, 6) is 0. The summed E-state index contributed by atoms with van der Waals surface area (Å²) in [4.78, 5) is 3.89. The minimum Gasteiger partial charge on any atom is -0.381 e. The molecule has 0 aromatic carbocycles. The van der Waals surface area contributed by atoms with Gasteiger partial charge in [0.05, 0.1) is 0 Å². The van der Waals surface area contributed by atoms with E-state index in [0.717, 1.165) is 19.6 Å². The molecule has 1 aliphatic rings. The molecule has 1 aromatic heterocycles. The monoisotopic (exact) mass is 179 g/mol. The Hall–Kier alpha value is -0.890.